The molecule has 136 valence electrons. The van der Waals surface area contributed by atoms with Crippen LogP contribution in [0.3, 0.4) is 0 Å². The molecule has 1 amide bonds. The molecule has 0 saturated heterocycles. The van der Waals surface area contributed by atoms with Crippen LogP contribution in [-0.4, -0.2) is 34.6 Å². The fraction of sp³-hybridized carbons (Fsp3) is 0.438. The SMILES string of the molecule is CC(C)(C)c1ccc(-c2nnc(SCC(=O)NCC(F)(F)F)o2)cc1. The summed E-state index contributed by atoms with van der Waals surface area (Å²) in [6, 6.07) is 7.66. The minimum absolute atomic E-state index is 0.0260. The van der Waals surface area contributed by atoms with Crippen LogP contribution in [0.5, 0.6) is 0 Å². The number of nitrogens with zero attached hydrogens (tertiary/aromatic N) is 2. The highest BCUT2D eigenvalue weighted by atomic mass is 32.2. The number of amides is 1. The molecule has 0 fully saturated rings. The van der Waals surface area contributed by atoms with Crippen molar-refractivity contribution in [2.24, 2.45) is 0 Å². The number of nitrogens with one attached hydrogen (secondary N) is 1. The second kappa shape index (κ2) is 7.47. The van der Waals surface area contributed by atoms with Gasteiger partial charge in [-0.3, -0.25) is 4.79 Å². The fourth-order valence-electron chi connectivity index (χ4n) is 1.87. The zero-order valence-electron chi connectivity index (χ0n) is 14.0. The van der Waals surface area contributed by atoms with Crippen LogP contribution in [0.4, 0.5) is 13.2 Å². The Morgan fingerprint density at radius 3 is 2.36 bits per heavy atom. The number of carbonyl (C=O) groups excluding carboxylic acids is 1. The van der Waals surface area contributed by atoms with Crippen molar-refractivity contribution in [3.05, 3.63) is 29.8 Å². The summed E-state index contributed by atoms with van der Waals surface area (Å²) in [4.78, 5) is 11.3. The second-order valence-electron chi connectivity index (χ2n) is 6.38. The van der Waals surface area contributed by atoms with Crippen LogP contribution in [0.15, 0.2) is 33.9 Å². The molecule has 25 heavy (non-hydrogen) atoms. The minimum Gasteiger partial charge on any atom is -0.411 e. The molecule has 0 saturated carbocycles. The van der Waals surface area contributed by atoms with Crippen LogP contribution in [0.1, 0.15) is 26.3 Å². The van der Waals surface area contributed by atoms with Gasteiger partial charge in [0.2, 0.25) is 11.8 Å². The molecule has 2 rings (SSSR count). The molecular weight excluding hydrogens is 355 g/mol. The van der Waals surface area contributed by atoms with Gasteiger partial charge in [0.25, 0.3) is 5.22 Å². The third kappa shape index (κ3) is 6.08. The largest absolute Gasteiger partial charge is 0.411 e. The molecule has 1 heterocycles. The molecule has 1 aromatic heterocycles. The van der Waals surface area contributed by atoms with Gasteiger partial charge in [-0.25, -0.2) is 0 Å². The van der Waals surface area contributed by atoms with E-state index in [9.17, 15) is 18.0 Å². The maximum absolute atomic E-state index is 12.0. The van der Waals surface area contributed by atoms with E-state index in [1.54, 1.807) is 5.32 Å². The Balaban J connectivity index is 1.93. The zero-order chi connectivity index (χ0) is 18.7. The van der Waals surface area contributed by atoms with Crippen molar-refractivity contribution in [3.63, 3.8) is 0 Å². The number of benzene rings is 1. The molecule has 0 aliphatic rings. The minimum atomic E-state index is -4.43. The first-order valence-electron chi connectivity index (χ1n) is 7.45. The highest BCUT2D eigenvalue weighted by molar-refractivity contribution is 7.99. The lowest BCUT2D eigenvalue weighted by molar-refractivity contribution is -0.136. The lowest BCUT2D eigenvalue weighted by Crippen LogP contribution is -2.34. The highest BCUT2D eigenvalue weighted by Crippen LogP contribution is 2.27. The van der Waals surface area contributed by atoms with Crippen molar-refractivity contribution in [2.45, 2.75) is 37.6 Å². The molecule has 0 aliphatic carbocycles. The first-order valence-corrected chi connectivity index (χ1v) is 8.44. The number of halogens is 3. The van der Waals surface area contributed by atoms with Gasteiger partial charge in [-0.05, 0) is 23.1 Å². The molecule has 5 nitrogen and oxygen atoms in total. The van der Waals surface area contributed by atoms with Crippen LogP contribution < -0.4 is 5.32 Å². The quantitative estimate of drug-likeness (QED) is 0.808. The normalized spacial score (nSPS) is 12.2. The summed E-state index contributed by atoms with van der Waals surface area (Å²) >= 11 is 0.882. The summed E-state index contributed by atoms with van der Waals surface area (Å²) in [6.45, 7) is 4.95. The molecule has 0 radical (unpaired) electrons. The first kappa shape index (κ1) is 19.3. The smallest absolute Gasteiger partial charge is 0.405 e. The Kier molecular flexibility index (Phi) is 5.76. The molecule has 1 aromatic carbocycles. The van der Waals surface area contributed by atoms with Crippen molar-refractivity contribution in [1.29, 1.82) is 0 Å². The lowest BCUT2D eigenvalue weighted by atomic mass is 9.87. The molecule has 2 aromatic rings. The third-order valence-electron chi connectivity index (χ3n) is 3.22. The Labute approximate surface area is 147 Å². The molecule has 0 spiro atoms. The van der Waals surface area contributed by atoms with Gasteiger partial charge in [0.05, 0.1) is 5.75 Å². The Morgan fingerprint density at radius 1 is 1.16 bits per heavy atom. The fourth-order valence-corrected chi connectivity index (χ4v) is 2.47. The summed E-state index contributed by atoms with van der Waals surface area (Å²) in [5.41, 5.74) is 1.92. The van der Waals surface area contributed by atoms with E-state index in [0.29, 0.717) is 5.89 Å². The summed E-state index contributed by atoms with van der Waals surface area (Å²) in [5.74, 6) is -0.698. The molecular formula is C16H18F3N3O2S. The van der Waals surface area contributed by atoms with Gasteiger partial charge in [-0.15, -0.1) is 10.2 Å². The number of thioether (sulfide) groups is 1. The highest BCUT2D eigenvalue weighted by Gasteiger charge is 2.27. The van der Waals surface area contributed by atoms with Crippen LogP contribution in [-0.2, 0) is 10.2 Å². The number of hydrogen-bond acceptors (Lipinski definition) is 5. The van der Waals surface area contributed by atoms with Crippen LogP contribution in [0.25, 0.3) is 11.5 Å². The van der Waals surface area contributed by atoms with Gasteiger partial charge < -0.3 is 9.73 Å². The first-order chi connectivity index (χ1) is 11.5. The molecule has 9 heteroatoms. The van der Waals surface area contributed by atoms with E-state index in [1.807, 2.05) is 24.3 Å². The van der Waals surface area contributed by atoms with Gasteiger partial charge in [0.15, 0.2) is 0 Å². The number of rotatable bonds is 5. The Morgan fingerprint density at radius 2 is 1.80 bits per heavy atom. The Bertz CT molecular complexity index is 721. The molecule has 0 unspecified atom stereocenters. The van der Waals surface area contributed by atoms with Gasteiger partial charge in [-0.1, -0.05) is 44.7 Å². The standard InChI is InChI=1S/C16H18F3N3O2S/c1-15(2,3)11-6-4-10(5-7-11)13-21-22-14(24-13)25-8-12(23)20-9-16(17,18)19/h4-7H,8-9H2,1-3H3,(H,20,23). The van der Waals surface area contributed by atoms with Crippen LogP contribution in [0, 0.1) is 0 Å². The third-order valence-corrected chi connectivity index (χ3v) is 4.04. The number of aromatic nitrogens is 2. The van der Waals surface area contributed by atoms with Crippen molar-refractivity contribution >= 4 is 17.7 Å². The number of alkyl halides is 3. The molecule has 0 aliphatic heterocycles. The van der Waals surface area contributed by atoms with E-state index >= 15 is 0 Å². The van der Waals surface area contributed by atoms with Crippen LogP contribution in [0.2, 0.25) is 0 Å². The maximum atomic E-state index is 12.0. The van der Waals surface area contributed by atoms with Crippen molar-refractivity contribution < 1.29 is 22.4 Å². The molecule has 0 bridgehead atoms. The summed E-state index contributed by atoms with van der Waals surface area (Å²) in [7, 11) is 0. The summed E-state index contributed by atoms with van der Waals surface area (Å²) in [6.07, 6.45) is -4.43. The average Bonchev–Trinajstić information content (AvgIpc) is 2.98. The van der Waals surface area contributed by atoms with E-state index in [-0.39, 0.29) is 16.4 Å². The topological polar surface area (TPSA) is 68.0 Å². The van der Waals surface area contributed by atoms with E-state index in [2.05, 4.69) is 31.0 Å². The van der Waals surface area contributed by atoms with Crippen molar-refractivity contribution in [1.82, 2.24) is 15.5 Å². The van der Waals surface area contributed by atoms with Crippen molar-refractivity contribution in [2.75, 3.05) is 12.3 Å². The monoisotopic (exact) mass is 373 g/mol. The van der Waals surface area contributed by atoms with Gasteiger partial charge in [0, 0.05) is 5.56 Å². The number of carbonyl (C=O) groups is 1. The van der Waals surface area contributed by atoms with Gasteiger partial charge >= 0.3 is 6.18 Å². The van der Waals surface area contributed by atoms with Gasteiger partial charge in [-0.2, -0.15) is 13.2 Å². The van der Waals surface area contributed by atoms with Crippen LogP contribution >= 0.6 is 11.8 Å². The van der Waals surface area contributed by atoms with Crippen molar-refractivity contribution in [3.8, 4) is 11.5 Å². The van der Waals surface area contributed by atoms with Gasteiger partial charge in [0.1, 0.15) is 6.54 Å². The molecule has 1 N–H and O–H groups in total. The lowest BCUT2D eigenvalue weighted by Gasteiger charge is -2.18. The zero-order valence-corrected chi connectivity index (χ0v) is 14.8. The average molecular weight is 373 g/mol. The summed E-state index contributed by atoms with van der Waals surface area (Å²) < 4.78 is 41.5. The van der Waals surface area contributed by atoms with E-state index in [4.69, 9.17) is 4.42 Å². The number of hydrogen-bond donors (Lipinski definition) is 1. The van der Waals surface area contributed by atoms with E-state index < -0.39 is 18.6 Å². The van der Waals surface area contributed by atoms with E-state index in [0.717, 1.165) is 22.9 Å². The summed E-state index contributed by atoms with van der Waals surface area (Å²) in [5, 5.41) is 9.58. The predicted octanol–water partition coefficient (Wildman–Crippen LogP) is 3.80. The van der Waals surface area contributed by atoms with E-state index in [1.165, 1.54) is 0 Å². The predicted molar refractivity (Wildman–Crippen MR) is 88.2 cm³/mol. The second-order valence-corrected chi connectivity index (χ2v) is 7.31. The maximum Gasteiger partial charge on any atom is 0.405 e. The Hall–Kier alpha value is -2.03. The molecule has 0 atom stereocenters.